The number of nitrogens with one attached hydrogen (secondary N) is 1. The van der Waals surface area contributed by atoms with Crippen molar-refractivity contribution in [2.24, 2.45) is 11.8 Å². The van der Waals surface area contributed by atoms with E-state index in [0.29, 0.717) is 18.5 Å². The Bertz CT molecular complexity index is 160. The van der Waals surface area contributed by atoms with Gasteiger partial charge in [0.15, 0.2) is 0 Å². The summed E-state index contributed by atoms with van der Waals surface area (Å²) >= 11 is 0. The molecule has 1 heterocycles. The predicted molar refractivity (Wildman–Crippen MR) is 47.0 cm³/mol. The number of rotatable bonds is 2. The first-order valence-corrected chi connectivity index (χ1v) is 4.57. The third kappa shape index (κ3) is 2.21. The third-order valence-corrected chi connectivity index (χ3v) is 2.61. The average Bonchev–Trinajstić information content (AvgIpc) is 2.04. The second-order valence-electron chi connectivity index (χ2n) is 3.87. The molecule has 1 saturated heterocycles. The van der Waals surface area contributed by atoms with Crippen molar-refractivity contribution in [2.75, 3.05) is 6.54 Å². The van der Waals surface area contributed by atoms with Gasteiger partial charge >= 0.3 is 5.97 Å². The van der Waals surface area contributed by atoms with Gasteiger partial charge in [-0.2, -0.15) is 0 Å². The highest BCUT2D eigenvalue weighted by atomic mass is 16.4. The minimum atomic E-state index is -0.662. The Morgan fingerprint density at radius 1 is 1.50 bits per heavy atom. The van der Waals surface area contributed by atoms with E-state index >= 15 is 0 Å². The zero-order chi connectivity index (χ0) is 9.14. The van der Waals surface area contributed by atoms with E-state index in [1.54, 1.807) is 0 Å². The molecule has 1 aliphatic heterocycles. The van der Waals surface area contributed by atoms with Crippen LogP contribution in [0.15, 0.2) is 0 Å². The molecule has 0 aromatic heterocycles. The molecule has 70 valence electrons. The first kappa shape index (κ1) is 9.52. The highest BCUT2D eigenvalue weighted by Gasteiger charge is 2.26. The number of hydrogen-bond donors (Lipinski definition) is 2. The number of carboxylic acids is 1. The lowest BCUT2D eigenvalue weighted by Gasteiger charge is -2.30. The lowest BCUT2D eigenvalue weighted by Crippen LogP contribution is -2.44. The van der Waals surface area contributed by atoms with E-state index in [2.05, 4.69) is 19.2 Å². The van der Waals surface area contributed by atoms with E-state index in [4.69, 9.17) is 5.11 Å². The first-order valence-electron chi connectivity index (χ1n) is 4.57. The lowest BCUT2D eigenvalue weighted by atomic mass is 9.89. The summed E-state index contributed by atoms with van der Waals surface area (Å²) in [5, 5.41) is 12.0. The Balaban J connectivity index is 2.34. The normalized spacial score (nSPS) is 30.6. The molecule has 1 fully saturated rings. The van der Waals surface area contributed by atoms with Crippen molar-refractivity contribution in [3.63, 3.8) is 0 Å². The number of carboxylic acid groups (broad SMARTS) is 1. The predicted octanol–water partition coefficient (Wildman–Crippen LogP) is 1.10. The lowest BCUT2D eigenvalue weighted by molar-refractivity contribution is -0.142. The van der Waals surface area contributed by atoms with Crippen molar-refractivity contribution in [2.45, 2.75) is 32.7 Å². The topological polar surface area (TPSA) is 49.3 Å². The van der Waals surface area contributed by atoms with Gasteiger partial charge in [-0.05, 0) is 18.8 Å². The minimum Gasteiger partial charge on any atom is -0.481 e. The molecule has 1 rings (SSSR count). The van der Waals surface area contributed by atoms with Gasteiger partial charge in [0.25, 0.3) is 0 Å². The van der Waals surface area contributed by atoms with Crippen LogP contribution in [-0.4, -0.2) is 23.7 Å². The van der Waals surface area contributed by atoms with Crippen LogP contribution in [-0.2, 0) is 4.79 Å². The maximum atomic E-state index is 10.6. The van der Waals surface area contributed by atoms with Gasteiger partial charge in [0.1, 0.15) is 0 Å². The number of piperidine rings is 1. The van der Waals surface area contributed by atoms with Crippen LogP contribution in [0.5, 0.6) is 0 Å². The van der Waals surface area contributed by atoms with Crippen LogP contribution in [0.25, 0.3) is 0 Å². The zero-order valence-electron chi connectivity index (χ0n) is 7.71. The second kappa shape index (κ2) is 3.90. The fourth-order valence-electron chi connectivity index (χ4n) is 1.66. The fraction of sp³-hybridized carbons (Fsp3) is 0.889. The molecule has 0 amide bonds. The molecule has 3 heteroatoms. The Kier molecular flexibility index (Phi) is 3.09. The summed E-state index contributed by atoms with van der Waals surface area (Å²) in [6.07, 6.45) is 1.82. The fourth-order valence-corrected chi connectivity index (χ4v) is 1.66. The molecule has 0 bridgehead atoms. The highest BCUT2D eigenvalue weighted by Crippen LogP contribution is 2.18. The SMILES string of the molecule is CC(C)[C@@H]1CC[C@H](C(=O)O)CN1. The Morgan fingerprint density at radius 2 is 2.17 bits per heavy atom. The van der Waals surface area contributed by atoms with Gasteiger partial charge < -0.3 is 10.4 Å². The van der Waals surface area contributed by atoms with Crippen LogP contribution >= 0.6 is 0 Å². The van der Waals surface area contributed by atoms with E-state index in [9.17, 15) is 4.79 Å². The molecule has 0 aromatic rings. The molecule has 1 aliphatic rings. The summed E-state index contributed by atoms with van der Waals surface area (Å²) in [6.45, 7) is 4.97. The second-order valence-corrected chi connectivity index (χ2v) is 3.87. The van der Waals surface area contributed by atoms with Crippen LogP contribution < -0.4 is 5.32 Å². The monoisotopic (exact) mass is 171 g/mol. The third-order valence-electron chi connectivity index (χ3n) is 2.61. The summed E-state index contributed by atoms with van der Waals surface area (Å²) in [5.74, 6) is -0.218. The number of hydrogen-bond acceptors (Lipinski definition) is 2. The van der Waals surface area contributed by atoms with E-state index in [0.717, 1.165) is 12.8 Å². The number of carbonyl (C=O) groups is 1. The Labute approximate surface area is 73.2 Å². The van der Waals surface area contributed by atoms with Crippen molar-refractivity contribution < 1.29 is 9.90 Å². The van der Waals surface area contributed by atoms with Gasteiger partial charge in [-0.3, -0.25) is 4.79 Å². The molecule has 0 aromatic carbocycles. The summed E-state index contributed by atoms with van der Waals surface area (Å²) in [6, 6.07) is 0.514. The Morgan fingerprint density at radius 3 is 2.50 bits per heavy atom. The van der Waals surface area contributed by atoms with Crippen LogP contribution in [0.4, 0.5) is 0 Å². The first-order chi connectivity index (χ1) is 5.61. The van der Waals surface area contributed by atoms with Crippen molar-refractivity contribution in [3.8, 4) is 0 Å². The van der Waals surface area contributed by atoms with Gasteiger partial charge in [-0.25, -0.2) is 0 Å². The number of aliphatic carboxylic acids is 1. The van der Waals surface area contributed by atoms with Crippen LogP contribution in [0.3, 0.4) is 0 Å². The smallest absolute Gasteiger partial charge is 0.307 e. The van der Waals surface area contributed by atoms with E-state index < -0.39 is 5.97 Å². The van der Waals surface area contributed by atoms with Gasteiger partial charge in [0.05, 0.1) is 5.92 Å². The zero-order valence-corrected chi connectivity index (χ0v) is 7.71. The maximum Gasteiger partial charge on any atom is 0.307 e. The largest absolute Gasteiger partial charge is 0.481 e. The molecular formula is C9H17NO2. The quantitative estimate of drug-likeness (QED) is 0.654. The maximum absolute atomic E-state index is 10.6. The molecule has 0 spiro atoms. The van der Waals surface area contributed by atoms with Crippen molar-refractivity contribution >= 4 is 5.97 Å². The molecule has 12 heavy (non-hydrogen) atoms. The van der Waals surface area contributed by atoms with Crippen LogP contribution in [0.1, 0.15) is 26.7 Å². The van der Waals surface area contributed by atoms with Crippen molar-refractivity contribution in [3.05, 3.63) is 0 Å². The van der Waals surface area contributed by atoms with Gasteiger partial charge in [0, 0.05) is 12.6 Å². The summed E-state index contributed by atoms with van der Waals surface area (Å²) in [5.41, 5.74) is 0. The summed E-state index contributed by atoms with van der Waals surface area (Å²) in [7, 11) is 0. The molecule has 0 unspecified atom stereocenters. The highest BCUT2D eigenvalue weighted by molar-refractivity contribution is 5.70. The molecule has 3 nitrogen and oxygen atoms in total. The van der Waals surface area contributed by atoms with Crippen LogP contribution in [0.2, 0.25) is 0 Å². The van der Waals surface area contributed by atoms with Crippen LogP contribution in [0, 0.1) is 11.8 Å². The summed E-state index contributed by atoms with van der Waals surface area (Å²) in [4.78, 5) is 10.6. The molecular weight excluding hydrogens is 154 g/mol. The van der Waals surface area contributed by atoms with Gasteiger partial charge in [-0.1, -0.05) is 13.8 Å². The molecule has 0 saturated carbocycles. The van der Waals surface area contributed by atoms with Crippen molar-refractivity contribution in [1.29, 1.82) is 0 Å². The molecule has 0 radical (unpaired) electrons. The van der Waals surface area contributed by atoms with Gasteiger partial charge in [-0.15, -0.1) is 0 Å². The van der Waals surface area contributed by atoms with Crippen molar-refractivity contribution in [1.82, 2.24) is 5.32 Å². The van der Waals surface area contributed by atoms with E-state index in [1.807, 2.05) is 0 Å². The minimum absolute atomic E-state index is 0.167. The molecule has 2 N–H and O–H groups in total. The molecule has 0 aliphatic carbocycles. The van der Waals surface area contributed by atoms with E-state index in [1.165, 1.54) is 0 Å². The average molecular weight is 171 g/mol. The van der Waals surface area contributed by atoms with Gasteiger partial charge in [0.2, 0.25) is 0 Å². The van der Waals surface area contributed by atoms with E-state index in [-0.39, 0.29) is 5.92 Å². The molecule has 2 atom stereocenters. The Hall–Kier alpha value is -0.570. The summed E-state index contributed by atoms with van der Waals surface area (Å²) < 4.78 is 0. The standard InChI is InChI=1S/C9H17NO2/c1-6(2)8-4-3-7(5-10-8)9(11)12/h6-8,10H,3-5H2,1-2H3,(H,11,12)/t7-,8-/m0/s1.